The topological polar surface area (TPSA) is 101 Å². The van der Waals surface area contributed by atoms with Crippen LogP contribution in [0.2, 0.25) is 0 Å². The molecule has 1 atom stereocenters. The highest BCUT2D eigenvalue weighted by Gasteiger charge is 2.26. The first-order chi connectivity index (χ1) is 8.23. The Morgan fingerprint density at radius 2 is 1.89 bits per heavy atom. The zero-order valence-corrected chi connectivity index (χ0v) is 13.0. The molecule has 0 aromatic heterocycles. The Morgan fingerprint density at radius 1 is 1.37 bits per heavy atom. The van der Waals surface area contributed by atoms with E-state index in [1.54, 1.807) is 11.9 Å². The molecule has 0 aromatic carbocycles. The van der Waals surface area contributed by atoms with Crippen molar-refractivity contribution in [3.63, 3.8) is 0 Å². The predicted molar refractivity (Wildman–Crippen MR) is 79.1 cm³/mol. The van der Waals surface area contributed by atoms with Gasteiger partial charge in [0.25, 0.3) is 0 Å². The van der Waals surface area contributed by atoms with Gasteiger partial charge in [0.15, 0.2) is 0 Å². The number of primary amides is 1. The maximum absolute atomic E-state index is 12.2. The Kier molecular flexibility index (Phi) is 9.60. The van der Waals surface area contributed by atoms with Gasteiger partial charge in [-0.05, 0) is 18.4 Å². The van der Waals surface area contributed by atoms with Crippen molar-refractivity contribution in [2.24, 2.45) is 16.9 Å². The lowest BCUT2D eigenvalue weighted by molar-refractivity contribution is -0.133. The Hall–Kier alpha value is -1.01. The largest absolute Gasteiger partial charge is 0.352 e. The van der Waals surface area contributed by atoms with Gasteiger partial charge in [-0.25, -0.2) is 4.79 Å². The highest BCUT2D eigenvalue weighted by molar-refractivity contribution is 5.86. The lowest BCUT2D eigenvalue weighted by Crippen LogP contribution is -2.51. The van der Waals surface area contributed by atoms with Gasteiger partial charge in [-0.15, -0.1) is 12.4 Å². The van der Waals surface area contributed by atoms with E-state index in [0.29, 0.717) is 19.5 Å². The molecule has 7 heteroatoms. The van der Waals surface area contributed by atoms with E-state index < -0.39 is 12.1 Å². The van der Waals surface area contributed by atoms with Gasteiger partial charge in [0, 0.05) is 13.6 Å². The smallest absolute Gasteiger partial charge is 0.312 e. The number of halogens is 1. The molecule has 0 rings (SSSR count). The molecular weight excluding hydrogens is 268 g/mol. The quantitative estimate of drug-likeness (QED) is 0.644. The summed E-state index contributed by atoms with van der Waals surface area (Å²) < 4.78 is 0. The normalized spacial score (nSPS) is 12.3. The van der Waals surface area contributed by atoms with E-state index in [1.165, 1.54) is 0 Å². The maximum atomic E-state index is 12.2. The molecule has 0 saturated heterocycles. The second kappa shape index (κ2) is 8.98. The standard InChI is InChI=1S/C12H26N4O2.ClH/c1-5-6-9(15-11(14)18)10(17)16(4)8-12(2,3)7-13;/h9H,5-8,13H2,1-4H3,(H3,14,15,18);1H/t9-;/m1./s1. The van der Waals surface area contributed by atoms with E-state index in [4.69, 9.17) is 11.5 Å². The van der Waals surface area contributed by atoms with Crippen LogP contribution in [0.15, 0.2) is 0 Å². The molecule has 0 saturated carbocycles. The molecule has 0 aliphatic heterocycles. The minimum Gasteiger partial charge on any atom is -0.352 e. The first-order valence-corrected chi connectivity index (χ1v) is 6.24. The molecule has 5 N–H and O–H groups in total. The third-order valence-corrected chi connectivity index (χ3v) is 2.79. The van der Waals surface area contributed by atoms with E-state index in [0.717, 1.165) is 6.42 Å². The molecule has 19 heavy (non-hydrogen) atoms. The fraction of sp³-hybridized carbons (Fsp3) is 0.833. The number of nitrogens with two attached hydrogens (primary N) is 2. The van der Waals surface area contributed by atoms with Crippen LogP contribution >= 0.6 is 12.4 Å². The zero-order valence-electron chi connectivity index (χ0n) is 12.2. The molecule has 3 amide bonds. The van der Waals surface area contributed by atoms with Gasteiger partial charge < -0.3 is 21.7 Å². The highest BCUT2D eigenvalue weighted by Crippen LogP contribution is 2.15. The zero-order chi connectivity index (χ0) is 14.3. The second-order valence-corrected chi connectivity index (χ2v) is 5.41. The van der Waals surface area contributed by atoms with Gasteiger partial charge in [0.1, 0.15) is 6.04 Å². The van der Waals surface area contributed by atoms with Crippen LogP contribution in [-0.2, 0) is 4.79 Å². The Morgan fingerprint density at radius 3 is 2.26 bits per heavy atom. The van der Waals surface area contributed by atoms with Crippen LogP contribution in [0.25, 0.3) is 0 Å². The lowest BCUT2D eigenvalue weighted by Gasteiger charge is -2.31. The number of rotatable bonds is 7. The van der Waals surface area contributed by atoms with E-state index in [1.807, 2.05) is 20.8 Å². The number of amides is 3. The number of hydrogen-bond acceptors (Lipinski definition) is 3. The van der Waals surface area contributed by atoms with E-state index in [2.05, 4.69) is 5.32 Å². The van der Waals surface area contributed by atoms with Crippen LogP contribution in [0, 0.1) is 5.41 Å². The number of hydrogen-bond donors (Lipinski definition) is 3. The van der Waals surface area contributed by atoms with E-state index >= 15 is 0 Å². The fourth-order valence-electron chi connectivity index (χ4n) is 1.77. The summed E-state index contributed by atoms with van der Waals surface area (Å²) in [6, 6.07) is -1.22. The number of carbonyl (C=O) groups is 2. The molecule has 0 aliphatic rings. The molecule has 0 heterocycles. The van der Waals surface area contributed by atoms with Crippen LogP contribution in [-0.4, -0.2) is 43.0 Å². The SMILES string of the molecule is CCC[C@@H](NC(N)=O)C(=O)N(C)CC(C)(C)CN.Cl. The first kappa shape index (κ1) is 20.3. The Balaban J connectivity index is 0. The summed E-state index contributed by atoms with van der Waals surface area (Å²) in [5.74, 6) is -0.128. The highest BCUT2D eigenvalue weighted by atomic mass is 35.5. The summed E-state index contributed by atoms with van der Waals surface area (Å²) in [6.07, 6.45) is 1.37. The van der Waals surface area contributed by atoms with Crippen molar-refractivity contribution >= 4 is 24.3 Å². The van der Waals surface area contributed by atoms with Crippen molar-refractivity contribution in [1.29, 1.82) is 0 Å². The molecule has 0 radical (unpaired) electrons. The van der Waals surface area contributed by atoms with Crippen molar-refractivity contribution in [2.45, 2.75) is 39.7 Å². The van der Waals surface area contributed by atoms with Crippen molar-refractivity contribution < 1.29 is 9.59 Å². The first-order valence-electron chi connectivity index (χ1n) is 6.24. The van der Waals surface area contributed by atoms with Crippen LogP contribution in [0.1, 0.15) is 33.6 Å². The Labute approximate surface area is 121 Å². The lowest BCUT2D eigenvalue weighted by atomic mass is 9.93. The summed E-state index contributed by atoms with van der Waals surface area (Å²) in [6.45, 7) is 6.97. The minimum absolute atomic E-state index is 0. The molecule has 0 fully saturated rings. The fourth-order valence-corrected chi connectivity index (χ4v) is 1.77. The van der Waals surface area contributed by atoms with E-state index in [-0.39, 0.29) is 23.7 Å². The molecule has 0 unspecified atom stereocenters. The van der Waals surface area contributed by atoms with Crippen molar-refractivity contribution in [3.05, 3.63) is 0 Å². The Bertz CT molecular complexity index is 297. The predicted octanol–water partition coefficient (Wildman–Crippen LogP) is 0.689. The molecule has 114 valence electrons. The summed E-state index contributed by atoms with van der Waals surface area (Å²) in [5.41, 5.74) is 10.6. The van der Waals surface area contributed by atoms with Gasteiger partial charge in [-0.2, -0.15) is 0 Å². The average Bonchev–Trinajstić information content (AvgIpc) is 2.26. The number of nitrogens with zero attached hydrogens (tertiary/aromatic N) is 1. The second-order valence-electron chi connectivity index (χ2n) is 5.41. The summed E-state index contributed by atoms with van der Waals surface area (Å²) in [4.78, 5) is 24.7. The number of urea groups is 1. The van der Waals surface area contributed by atoms with Crippen molar-refractivity contribution in [2.75, 3.05) is 20.1 Å². The van der Waals surface area contributed by atoms with Gasteiger partial charge in [0.2, 0.25) is 5.91 Å². The third-order valence-electron chi connectivity index (χ3n) is 2.79. The van der Waals surface area contributed by atoms with Gasteiger partial charge in [0.05, 0.1) is 0 Å². The monoisotopic (exact) mass is 294 g/mol. The van der Waals surface area contributed by atoms with Crippen LogP contribution in [0.4, 0.5) is 4.79 Å². The van der Waals surface area contributed by atoms with Crippen LogP contribution < -0.4 is 16.8 Å². The average molecular weight is 295 g/mol. The minimum atomic E-state index is -0.673. The molecule has 0 aromatic rings. The summed E-state index contributed by atoms with van der Waals surface area (Å²) in [5, 5.41) is 2.48. The van der Waals surface area contributed by atoms with Gasteiger partial charge in [-0.1, -0.05) is 27.2 Å². The molecule has 0 aliphatic carbocycles. The van der Waals surface area contributed by atoms with Gasteiger partial charge >= 0.3 is 6.03 Å². The molecular formula is C12H27ClN4O2. The number of nitrogens with one attached hydrogen (secondary N) is 1. The molecule has 6 nitrogen and oxygen atoms in total. The number of likely N-dealkylation sites (N-methyl/N-ethyl adjacent to an activating group) is 1. The van der Waals surface area contributed by atoms with Crippen molar-refractivity contribution in [3.8, 4) is 0 Å². The van der Waals surface area contributed by atoms with Crippen LogP contribution in [0.3, 0.4) is 0 Å². The summed E-state index contributed by atoms with van der Waals surface area (Å²) in [7, 11) is 1.71. The third kappa shape index (κ3) is 7.89. The van der Waals surface area contributed by atoms with E-state index in [9.17, 15) is 9.59 Å². The number of carbonyl (C=O) groups excluding carboxylic acids is 2. The molecule has 0 spiro atoms. The molecule has 0 bridgehead atoms. The van der Waals surface area contributed by atoms with Crippen molar-refractivity contribution in [1.82, 2.24) is 10.2 Å². The van der Waals surface area contributed by atoms with Gasteiger partial charge in [-0.3, -0.25) is 4.79 Å². The summed E-state index contributed by atoms with van der Waals surface area (Å²) >= 11 is 0. The van der Waals surface area contributed by atoms with Crippen LogP contribution in [0.5, 0.6) is 0 Å². The maximum Gasteiger partial charge on any atom is 0.312 e.